The van der Waals surface area contributed by atoms with Crippen LogP contribution in [-0.4, -0.2) is 14.9 Å². The molecule has 20 heavy (non-hydrogen) atoms. The van der Waals surface area contributed by atoms with Gasteiger partial charge in [-0.15, -0.1) is 0 Å². The lowest BCUT2D eigenvalue weighted by Gasteiger charge is -2.12. The minimum absolute atomic E-state index is 0.435. The highest BCUT2D eigenvalue weighted by molar-refractivity contribution is 5.26. The number of hydrogen-bond donors (Lipinski definition) is 1. The molecule has 0 aliphatic rings. The Labute approximate surface area is 114 Å². The van der Waals surface area contributed by atoms with Crippen molar-refractivity contribution in [1.29, 1.82) is 0 Å². The van der Waals surface area contributed by atoms with Gasteiger partial charge in [0.2, 0.25) is 0 Å². The topological polar surface area (TPSA) is 38.0 Å². The second-order valence-electron chi connectivity index (χ2n) is 4.62. The standard InChI is InChI=1S/C14H15F3N2O/c1-19-12(8-9-18-19)6-7-13(20)10-2-4-11(5-3-10)14(15,16)17/h2-5,8-9,13,20H,6-7H2,1H3. The molecular weight excluding hydrogens is 269 g/mol. The van der Waals surface area contributed by atoms with Gasteiger partial charge in [0.15, 0.2) is 0 Å². The van der Waals surface area contributed by atoms with Gasteiger partial charge in [-0.25, -0.2) is 0 Å². The molecule has 1 atom stereocenters. The summed E-state index contributed by atoms with van der Waals surface area (Å²) in [4.78, 5) is 0. The van der Waals surface area contributed by atoms with Crippen molar-refractivity contribution in [3.63, 3.8) is 0 Å². The van der Waals surface area contributed by atoms with Gasteiger partial charge in [0.1, 0.15) is 0 Å². The van der Waals surface area contributed by atoms with Crippen molar-refractivity contribution in [3.05, 3.63) is 53.3 Å². The summed E-state index contributed by atoms with van der Waals surface area (Å²) >= 11 is 0. The first kappa shape index (κ1) is 14.6. The molecule has 1 N–H and O–H groups in total. The van der Waals surface area contributed by atoms with Gasteiger partial charge >= 0.3 is 6.18 Å². The van der Waals surface area contributed by atoms with Crippen LogP contribution < -0.4 is 0 Å². The third-order valence-corrected chi connectivity index (χ3v) is 3.22. The van der Waals surface area contributed by atoms with Gasteiger partial charge in [0, 0.05) is 18.9 Å². The van der Waals surface area contributed by atoms with Crippen LogP contribution in [0.3, 0.4) is 0 Å². The minimum Gasteiger partial charge on any atom is -0.388 e. The van der Waals surface area contributed by atoms with Gasteiger partial charge in [0.25, 0.3) is 0 Å². The molecule has 2 rings (SSSR count). The minimum atomic E-state index is -4.35. The molecule has 1 aromatic heterocycles. The van der Waals surface area contributed by atoms with Gasteiger partial charge in [-0.05, 0) is 36.6 Å². The normalized spacial score (nSPS) is 13.4. The molecule has 0 radical (unpaired) electrons. The Kier molecular flexibility index (Phi) is 4.13. The number of rotatable bonds is 4. The number of hydrogen-bond acceptors (Lipinski definition) is 2. The fourth-order valence-corrected chi connectivity index (χ4v) is 1.99. The first-order valence-electron chi connectivity index (χ1n) is 6.20. The average molecular weight is 284 g/mol. The molecule has 0 bridgehead atoms. The Hall–Kier alpha value is -1.82. The van der Waals surface area contributed by atoms with Gasteiger partial charge in [-0.3, -0.25) is 4.68 Å². The molecule has 6 heteroatoms. The van der Waals surface area contributed by atoms with Crippen molar-refractivity contribution in [3.8, 4) is 0 Å². The van der Waals surface area contributed by atoms with Crippen LogP contribution in [0.1, 0.15) is 29.3 Å². The number of aliphatic hydroxyl groups excluding tert-OH is 1. The summed E-state index contributed by atoms with van der Waals surface area (Å²) in [5, 5.41) is 14.0. The Bertz CT molecular complexity index is 561. The van der Waals surface area contributed by atoms with E-state index in [0.29, 0.717) is 18.4 Å². The smallest absolute Gasteiger partial charge is 0.388 e. The van der Waals surface area contributed by atoms with Gasteiger partial charge in [-0.1, -0.05) is 12.1 Å². The zero-order chi connectivity index (χ0) is 14.8. The molecule has 3 nitrogen and oxygen atoms in total. The average Bonchev–Trinajstić information content (AvgIpc) is 2.81. The maximum Gasteiger partial charge on any atom is 0.416 e. The summed E-state index contributed by atoms with van der Waals surface area (Å²) in [5.41, 5.74) is 0.746. The van der Waals surface area contributed by atoms with E-state index in [2.05, 4.69) is 5.10 Å². The van der Waals surface area contributed by atoms with Gasteiger partial charge in [-0.2, -0.15) is 18.3 Å². The fraction of sp³-hybridized carbons (Fsp3) is 0.357. The van der Waals surface area contributed by atoms with Crippen LogP contribution in [0.4, 0.5) is 13.2 Å². The van der Waals surface area contributed by atoms with Gasteiger partial charge < -0.3 is 5.11 Å². The number of benzene rings is 1. The van der Waals surface area contributed by atoms with Crippen molar-refractivity contribution >= 4 is 0 Å². The summed E-state index contributed by atoms with van der Waals surface area (Å²) in [6.07, 6.45) is -2.42. The maximum atomic E-state index is 12.4. The first-order valence-corrected chi connectivity index (χ1v) is 6.20. The molecule has 2 aromatic rings. The van der Waals surface area contributed by atoms with Crippen molar-refractivity contribution < 1.29 is 18.3 Å². The first-order chi connectivity index (χ1) is 9.38. The summed E-state index contributed by atoms with van der Waals surface area (Å²) in [6.45, 7) is 0. The Morgan fingerprint density at radius 1 is 1.20 bits per heavy atom. The van der Waals surface area contributed by atoms with Crippen LogP contribution in [0.5, 0.6) is 0 Å². The molecule has 0 aliphatic heterocycles. The largest absolute Gasteiger partial charge is 0.416 e. The summed E-state index contributed by atoms with van der Waals surface area (Å²) in [6, 6.07) is 6.46. The van der Waals surface area contributed by atoms with Crippen molar-refractivity contribution in [2.45, 2.75) is 25.1 Å². The molecule has 0 amide bonds. The number of nitrogens with zero attached hydrogens (tertiary/aromatic N) is 2. The maximum absolute atomic E-state index is 12.4. The highest BCUT2D eigenvalue weighted by atomic mass is 19.4. The van der Waals surface area contributed by atoms with Gasteiger partial charge in [0.05, 0.1) is 11.7 Å². The summed E-state index contributed by atoms with van der Waals surface area (Å²) in [7, 11) is 1.81. The van der Waals surface area contributed by atoms with E-state index in [0.717, 1.165) is 17.8 Å². The van der Waals surface area contributed by atoms with Crippen molar-refractivity contribution in [2.24, 2.45) is 7.05 Å². The van der Waals surface area contributed by atoms with Crippen LogP contribution in [0.25, 0.3) is 0 Å². The molecular formula is C14H15F3N2O. The Balaban J connectivity index is 1.99. The molecule has 108 valence electrons. The summed E-state index contributed by atoms with van der Waals surface area (Å²) < 4.78 is 39.0. The molecule has 0 fully saturated rings. The second kappa shape index (κ2) is 5.66. The molecule has 1 unspecified atom stereocenters. The van der Waals surface area contributed by atoms with E-state index in [4.69, 9.17) is 0 Å². The predicted molar refractivity (Wildman–Crippen MR) is 67.9 cm³/mol. The second-order valence-corrected chi connectivity index (χ2v) is 4.62. The van der Waals surface area contributed by atoms with Crippen molar-refractivity contribution in [2.75, 3.05) is 0 Å². The Morgan fingerprint density at radius 3 is 2.35 bits per heavy atom. The third-order valence-electron chi connectivity index (χ3n) is 3.22. The van der Waals surface area contributed by atoms with Crippen LogP contribution in [0.15, 0.2) is 36.5 Å². The van der Waals surface area contributed by atoms with Crippen LogP contribution in [0.2, 0.25) is 0 Å². The van der Waals surface area contributed by atoms with E-state index in [1.54, 1.807) is 17.9 Å². The highest BCUT2D eigenvalue weighted by Crippen LogP contribution is 2.30. The lowest BCUT2D eigenvalue weighted by atomic mass is 10.0. The number of halogens is 3. The molecule has 0 spiro atoms. The fourth-order valence-electron chi connectivity index (χ4n) is 1.99. The van der Waals surface area contributed by atoms with E-state index in [1.165, 1.54) is 12.1 Å². The van der Waals surface area contributed by atoms with Crippen LogP contribution in [0, 0.1) is 0 Å². The SMILES string of the molecule is Cn1nccc1CCC(O)c1ccc(C(F)(F)F)cc1. The van der Waals surface area contributed by atoms with E-state index in [9.17, 15) is 18.3 Å². The van der Waals surface area contributed by atoms with Crippen LogP contribution in [-0.2, 0) is 19.6 Å². The predicted octanol–water partition coefficient (Wildman–Crippen LogP) is 3.11. The zero-order valence-corrected chi connectivity index (χ0v) is 10.9. The number of aliphatic hydroxyl groups is 1. The molecule has 0 saturated heterocycles. The lowest BCUT2D eigenvalue weighted by molar-refractivity contribution is -0.137. The highest BCUT2D eigenvalue weighted by Gasteiger charge is 2.30. The lowest BCUT2D eigenvalue weighted by Crippen LogP contribution is -2.06. The van der Waals surface area contributed by atoms with E-state index >= 15 is 0 Å². The third kappa shape index (κ3) is 3.39. The van der Waals surface area contributed by atoms with E-state index in [1.807, 2.05) is 6.07 Å². The molecule has 1 heterocycles. The number of aryl methyl sites for hydroxylation is 2. The number of aromatic nitrogens is 2. The Morgan fingerprint density at radius 2 is 1.85 bits per heavy atom. The zero-order valence-electron chi connectivity index (χ0n) is 10.9. The molecule has 1 aromatic carbocycles. The van der Waals surface area contributed by atoms with Crippen molar-refractivity contribution in [1.82, 2.24) is 9.78 Å². The van der Waals surface area contributed by atoms with E-state index in [-0.39, 0.29) is 0 Å². The van der Waals surface area contributed by atoms with E-state index < -0.39 is 17.8 Å². The molecule has 0 saturated carbocycles. The summed E-state index contributed by atoms with van der Waals surface area (Å²) in [5.74, 6) is 0. The number of alkyl halides is 3. The monoisotopic (exact) mass is 284 g/mol. The quantitative estimate of drug-likeness (QED) is 0.936. The van der Waals surface area contributed by atoms with Crippen LogP contribution >= 0.6 is 0 Å². The molecule has 0 aliphatic carbocycles.